The molecule has 0 aliphatic heterocycles. The molecule has 0 bridgehead atoms. The van der Waals surface area contributed by atoms with Crippen LogP contribution in [0.2, 0.25) is 0 Å². The summed E-state index contributed by atoms with van der Waals surface area (Å²) >= 11 is 0. The highest BCUT2D eigenvalue weighted by Gasteiger charge is 2.15. The molecule has 2 N–H and O–H groups in total. The molecular weight excluding hydrogens is 336 g/mol. The number of rotatable bonds is 5. The number of carbonyl (C=O) groups excluding carboxylic acids is 3. The van der Waals surface area contributed by atoms with E-state index < -0.39 is 17.8 Å². The number of amides is 2. The van der Waals surface area contributed by atoms with Gasteiger partial charge < -0.3 is 25.0 Å². The Balaban J connectivity index is 1.81. The lowest BCUT2D eigenvalue weighted by molar-refractivity contribution is -0.255. The van der Waals surface area contributed by atoms with E-state index in [0.717, 1.165) is 0 Å². The Hall–Kier alpha value is -3.87. The number of hydrogen-bond acceptors (Lipinski definition) is 5. The van der Waals surface area contributed by atoms with Gasteiger partial charge in [-0.3, -0.25) is 9.59 Å². The summed E-state index contributed by atoms with van der Waals surface area (Å²) in [5.41, 5.74) is 0.750. The fraction of sp³-hybridized carbons (Fsp3) is 0. The fourth-order valence-electron chi connectivity index (χ4n) is 2.30. The molecular formula is C19H13N2O5-. The highest BCUT2D eigenvalue weighted by Crippen LogP contribution is 2.19. The number of hydrogen-bond donors (Lipinski definition) is 2. The van der Waals surface area contributed by atoms with Gasteiger partial charge in [0.05, 0.1) is 23.5 Å². The van der Waals surface area contributed by atoms with E-state index in [9.17, 15) is 19.5 Å². The van der Waals surface area contributed by atoms with E-state index in [0.29, 0.717) is 11.4 Å². The molecule has 7 nitrogen and oxygen atoms in total. The second-order valence-electron chi connectivity index (χ2n) is 5.30. The van der Waals surface area contributed by atoms with Crippen LogP contribution in [-0.4, -0.2) is 17.8 Å². The summed E-state index contributed by atoms with van der Waals surface area (Å²) in [5.74, 6) is -2.22. The lowest BCUT2D eigenvalue weighted by atomic mass is 10.1. The molecule has 130 valence electrons. The summed E-state index contributed by atoms with van der Waals surface area (Å²) in [7, 11) is 0. The van der Waals surface area contributed by atoms with Crippen molar-refractivity contribution in [2.75, 3.05) is 10.6 Å². The maximum absolute atomic E-state index is 12.5. The van der Waals surface area contributed by atoms with Crippen LogP contribution in [0.5, 0.6) is 0 Å². The summed E-state index contributed by atoms with van der Waals surface area (Å²) in [6, 6.07) is 15.2. The zero-order chi connectivity index (χ0) is 18.5. The minimum absolute atomic E-state index is 0.0535. The van der Waals surface area contributed by atoms with Gasteiger partial charge in [-0.05, 0) is 42.0 Å². The van der Waals surface area contributed by atoms with Gasteiger partial charge in [0.25, 0.3) is 11.8 Å². The van der Waals surface area contributed by atoms with Gasteiger partial charge in [0.2, 0.25) is 0 Å². The summed E-state index contributed by atoms with van der Waals surface area (Å²) in [6.07, 6.45) is 1.37. The molecule has 7 heteroatoms. The average molecular weight is 349 g/mol. The minimum atomic E-state index is -1.34. The summed E-state index contributed by atoms with van der Waals surface area (Å²) in [6.45, 7) is 0. The predicted molar refractivity (Wildman–Crippen MR) is 91.8 cm³/mol. The number of carboxylic acid groups (broad SMARTS) is 1. The normalized spacial score (nSPS) is 10.2. The van der Waals surface area contributed by atoms with E-state index in [1.807, 2.05) is 0 Å². The van der Waals surface area contributed by atoms with Gasteiger partial charge in [0.1, 0.15) is 0 Å². The molecule has 2 amide bonds. The number of furan rings is 1. The SMILES string of the molecule is O=C([O-])c1cccc(NC(=O)c2ccccc2NC(=O)c2ccco2)c1. The Kier molecular flexibility index (Phi) is 4.80. The van der Waals surface area contributed by atoms with E-state index in [4.69, 9.17) is 4.42 Å². The van der Waals surface area contributed by atoms with Crippen LogP contribution in [0.4, 0.5) is 11.4 Å². The van der Waals surface area contributed by atoms with Crippen molar-refractivity contribution in [2.45, 2.75) is 0 Å². The quantitative estimate of drug-likeness (QED) is 0.733. The molecule has 0 radical (unpaired) electrons. The first-order valence-corrected chi connectivity index (χ1v) is 7.61. The van der Waals surface area contributed by atoms with Gasteiger partial charge in [0, 0.05) is 5.69 Å². The lowest BCUT2D eigenvalue weighted by Gasteiger charge is -2.12. The second kappa shape index (κ2) is 7.35. The smallest absolute Gasteiger partial charge is 0.291 e. The number of para-hydroxylation sites is 1. The molecule has 0 spiro atoms. The largest absolute Gasteiger partial charge is 0.545 e. The van der Waals surface area contributed by atoms with Crippen LogP contribution in [0.15, 0.2) is 71.3 Å². The Morgan fingerprint density at radius 2 is 1.65 bits per heavy atom. The van der Waals surface area contributed by atoms with Crippen molar-refractivity contribution < 1.29 is 23.9 Å². The van der Waals surface area contributed by atoms with Crippen molar-refractivity contribution >= 4 is 29.2 Å². The third-order valence-corrected chi connectivity index (χ3v) is 3.52. The minimum Gasteiger partial charge on any atom is -0.545 e. The first kappa shape index (κ1) is 17.0. The highest BCUT2D eigenvalue weighted by atomic mass is 16.4. The zero-order valence-electron chi connectivity index (χ0n) is 13.4. The first-order valence-electron chi connectivity index (χ1n) is 7.61. The molecule has 0 saturated heterocycles. The van der Waals surface area contributed by atoms with Crippen LogP contribution in [0, 0.1) is 0 Å². The lowest BCUT2D eigenvalue weighted by Crippen LogP contribution is -2.22. The van der Waals surface area contributed by atoms with Gasteiger partial charge in [-0.15, -0.1) is 0 Å². The highest BCUT2D eigenvalue weighted by molar-refractivity contribution is 6.12. The molecule has 3 aromatic rings. The van der Waals surface area contributed by atoms with E-state index in [-0.39, 0.29) is 16.9 Å². The molecule has 0 unspecified atom stereocenters. The number of aromatic carboxylic acids is 1. The Morgan fingerprint density at radius 1 is 0.846 bits per heavy atom. The van der Waals surface area contributed by atoms with Crippen LogP contribution >= 0.6 is 0 Å². The van der Waals surface area contributed by atoms with Crippen molar-refractivity contribution in [1.29, 1.82) is 0 Å². The monoisotopic (exact) mass is 349 g/mol. The number of nitrogens with one attached hydrogen (secondary N) is 2. The van der Waals surface area contributed by atoms with Crippen molar-refractivity contribution in [1.82, 2.24) is 0 Å². The molecule has 26 heavy (non-hydrogen) atoms. The number of carboxylic acids is 1. The molecule has 2 aromatic carbocycles. The van der Waals surface area contributed by atoms with E-state index >= 15 is 0 Å². The molecule has 1 aromatic heterocycles. The van der Waals surface area contributed by atoms with Crippen LogP contribution in [-0.2, 0) is 0 Å². The maximum atomic E-state index is 12.5. The van der Waals surface area contributed by atoms with E-state index in [1.54, 1.807) is 30.3 Å². The number of anilines is 2. The molecule has 0 saturated carbocycles. The van der Waals surface area contributed by atoms with Crippen LogP contribution in [0.25, 0.3) is 0 Å². The van der Waals surface area contributed by atoms with E-state index in [1.165, 1.54) is 36.6 Å². The molecule has 1 heterocycles. The second-order valence-corrected chi connectivity index (χ2v) is 5.30. The standard InChI is InChI=1S/C19H14N2O5/c22-17(20-13-6-3-5-12(11-13)19(24)25)14-7-1-2-8-15(14)21-18(23)16-9-4-10-26-16/h1-11H,(H,20,22)(H,21,23)(H,24,25)/p-1. The Morgan fingerprint density at radius 3 is 2.38 bits per heavy atom. The number of carbonyl (C=O) groups is 3. The van der Waals surface area contributed by atoms with Crippen molar-refractivity contribution in [2.24, 2.45) is 0 Å². The third kappa shape index (κ3) is 3.78. The zero-order valence-corrected chi connectivity index (χ0v) is 13.4. The maximum Gasteiger partial charge on any atom is 0.291 e. The topological polar surface area (TPSA) is 111 Å². The summed E-state index contributed by atoms with van der Waals surface area (Å²) in [5, 5.41) is 16.1. The molecule has 0 fully saturated rings. The molecule has 0 aliphatic rings. The van der Waals surface area contributed by atoms with Crippen LogP contribution in [0.3, 0.4) is 0 Å². The molecule has 0 atom stereocenters. The van der Waals surface area contributed by atoms with Gasteiger partial charge in [-0.25, -0.2) is 0 Å². The van der Waals surface area contributed by atoms with Gasteiger partial charge in [0.15, 0.2) is 5.76 Å². The average Bonchev–Trinajstić information content (AvgIpc) is 3.17. The van der Waals surface area contributed by atoms with Gasteiger partial charge >= 0.3 is 0 Å². The van der Waals surface area contributed by atoms with Gasteiger partial charge in [-0.1, -0.05) is 24.3 Å². The van der Waals surface area contributed by atoms with Crippen molar-refractivity contribution in [3.8, 4) is 0 Å². The Labute approximate surface area is 148 Å². The summed E-state index contributed by atoms with van der Waals surface area (Å²) in [4.78, 5) is 35.6. The van der Waals surface area contributed by atoms with Gasteiger partial charge in [-0.2, -0.15) is 0 Å². The summed E-state index contributed by atoms with van der Waals surface area (Å²) < 4.78 is 5.02. The van der Waals surface area contributed by atoms with Crippen molar-refractivity contribution in [3.63, 3.8) is 0 Å². The molecule has 3 rings (SSSR count). The number of benzene rings is 2. The Bertz CT molecular complexity index is 964. The van der Waals surface area contributed by atoms with E-state index in [2.05, 4.69) is 10.6 Å². The predicted octanol–water partition coefficient (Wildman–Crippen LogP) is 2.15. The first-order chi connectivity index (χ1) is 12.5. The fourth-order valence-corrected chi connectivity index (χ4v) is 2.30. The van der Waals surface area contributed by atoms with Crippen LogP contribution < -0.4 is 15.7 Å². The molecule has 0 aliphatic carbocycles. The van der Waals surface area contributed by atoms with Crippen molar-refractivity contribution in [3.05, 3.63) is 83.8 Å². The van der Waals surface area contributed by atoms with Crippen LogP contribution in [0.1, 0.15) is 31.3 Å². The third-order valence-electron chi connectivity index (χ3n) is 3.52.